The van der Waals surface area contributed by atoms with Gasteiger partial charge in [0.25, 0.3) is 5.91 Å². The molecule has 5 rings (SSSR count). The Bertz CT molecular complexity index is 939. The average molecular weight is 466 g/mol. The first-order chi connectivity index (χ1) is 16.5. The van der Waals surface area contributed by atoms with Crippen molar-refractivity contribution in [1.82, 2.24) is 15.5 Å². The van der Waals surface area contributed by atoms with Crippen LogP contribution in [0, 0.1) is 11.8 Å². The predicted octanol–water partition coefficient (Wildman–Crippen LogP) is 4.11. The topological polar surface area (TPSA) is 78.5 Å². The minimum Gasteiger partial charge on any atom is -0.322 e. The number of imide groups is 1. The average Bonchev–Trinajstić information content (AvgIpc) is 3.16. The van der Waals surface area contributed by atoms with Crippen molar-refractivity contribution in [3.63, 3.8) is 0 Å². The van der Waals surface area contributed by atoms with E-state index in [4.69, 9.17) is 0 Å². The molecule has 0 spiro atoms. The van der Waals surface area contributed by atoms with Gasteiger partial charge < -0.3 is 10.2 Å². The lowest BCUT2D eigenvalue weighted by Crippen LogP contribution is -2.52. The Hall–Kier alpha value is -2.21. The van der Waals surface area contributed by atoms with Crippen LogP contribution in [0.2, 0.25) is 0 Å². The molecule has 3 fully saturated rings. The second kappa shape index (κ2) is 10.2. The molecule has 6 heteroatoms. The second-order valence-electron chi connectivity index (χ2n) is 11.1. The Morgan fingerprint density at radius 1 is 1.00 bits per heavy atom. The van der Waals surface area contributed by atoms with Crippen LogP contribution in [-0.2, 0) is 22.6 Å². The maximum atomic E-state index is 13.0. The summed E-state index contributed by atoms with van der Waals surface area (Å²) in [7, 11) is 0. The molecule has 4 atom stereocenters. The Kier molecular flexibility index (Phi) is 7.05. The van der Waals surface area contributed by atoms with E-state index in [1.54, 1.807) is 4.90 Å². The molecule has 1 aromatic carbocycles. The largest absolute Gasteiger partial charge is 0.322 e. The first-order valence-electron chi connectivity index (χ1n) is 13.5. The summed E-state index contributed by atoms with van der Waals surface area (Å²) in [6, 6.07) is 6.87. The van der Waals surface area contributed by atoms with Crippen LogP contribution < -0.4 is 10.6 Å². The number of carbonyl (C=O) groups is 3. The van der Waals surface area contributed by atoms with E-state index < -0.39 is 6.04 Å². The van der Waals surface area contributed by atoms with Crippen molar-refractivity contribution in [3.8, 4) is 0 Å². The summed E-state index contributed by atoms with van der Waals surface area (Å²) < 4.78 is 0. The zero-order valence-electron chi connectivity index (χ0n) is 20.5. The van der Waals surface area contributed by atoms with E-state index in [-0.39, 0.29) is 24.1 Å². The summed E-state index contributed by atoms with van der Waals surface area (Å²) in [5.74, 6) is 0.762. The molecule has 2 N–H and O–H groups in total. The van der Waals surface area contributed by atoms with Crippen molar-refractivity contribution in [2.24, 2.45) is 11.8 Å². The van der Waals surface area contributed by atoms with Crippen molar-refractivity contribution in [2.75, 3.05) is 0 Å². The Morgan fingerprint density at radius 3 is 2.56 bits per heavy atom. The van der Waals surface area contributed by atoms with Gasteiger partial charge in [-0.25, -0.2) is 0 Å². The minimum atomic E-state index is -0.547. The van der Waals surface area contributed by atoms with Crippen LogP contribution in [0.4, 0.5) is 0 Å². The van der Waals surface area contributed by atoms with Gasteiger partial charge in [0.1, 0.15) is 6.04 Å². The van der Waals surface area contributed by atoms with E-state index in [1.165, 1.54) is 63.4 Å². The molecule has 0 bridgehead atoms. The van der Waals surface area contributed by atoms with Gasteiger partial charge >= 0.3 is 0 Å². The Balaban J connectivity index is 1.24. The number of hydrogen-bond acceptors (Lipinski definition) is 4. The van der Waals surface area contributed by atoms with Crippen LogP contribution in [0.1, 0.15) is 99.0 Å². The van der Waals surface area contributed by atoms with Gasteiger partial charge in [0.2, 0.25) is 11.8 Å². The third kappa shape index (κ3) is 4.93. The summed E-state index contributed by atoms with van der Waals surface area (Å²) in [6.45, 7) is 2.85. The fraction of sp³-hybridized carbons (Fsp3) is 0.679. The number of benzene rings is 1. The molecule has 0 aromatic heterocycles. The second-order valence-corrected chi connectivity index (χ2v) is 11.1. The number of carbonyl (C=O) groups excluding carboxylic acids is 3. The molecule has 4 aliphatic rings. The number of fused-ring (bicyclic) bond motifs is 1. The zero-order chi connectivity index (χ0) is 23.7. The molecule has 2 aliphatic carbocycles. The van der Waals surface area contributed by atoms with Crippen LogP contribution in [0.5, 0.6) is 0 Å². The molecule has 2 unspecified atom stereocenters. The Morgan fingerprint density at radius 2 is 1.76 bits per heavy atom. The lowest BCUT2D eigenvalue weighted by atomic mass is 9.78. The number of amides is 3. The summed E-state index contributed by atoms with van der Waals surface area (Å²) in [5.41, 5.74) is 3.02. The van der Waals surface area contributed by atoms with E-state index in [9.17, 15) is 14.4 Å². The standard InChI is InChI=1S/C28H39N3O3/c1-18(20-7-3-2-4-8-20)29-24-10-6-5-9-21(24)15-19-11-12-23-22(16-19)17-31(28(23)34)25-13-14-26(32)30-27(25)33/h11-12,16,18,20-21,24-25,29H,2-10,13-15,17H2,1H3,(H,30,32,33)/t18?,21-,24+,25?/m1/s1. The van der Waals surface area contributed by atoms with Crippen molar-refractivity contribution in [3.05, 3.63) is 34.9 Å². The highest BCUT2D eigenvalue weighted by Crippen LogP contribution is 2.33. The first-order valence-corrected chi connectivity index (χ1v) is 13.5. The van der Waals surface area contributed by atoms with Crippen LogP contribution in [0.25, 0.3) is 0 Å². The fourth-order valence-electron chi connectivity index (χ4n) is 6.84. The van der Waals surface area contributed by atoms with Crippen LogP contribution >= 0.6 is 0 Å². The van der Waals surface area contributed by atoms with Crippen molar-refractivity contribution in [2.45, 2.75) is 109 Å². The summed E-state index contributed by atoms with van der Waals surface area (Å²) in [4.78, 5) is 38.5. The van der Waals surface area contributed by atoms with Crippen molar-refractivity contribution < 1.29 is 14.4 Å². The van der Waals surface area contributed by atoms with Crippen LogP contribution in [-0.4, -0.2) is 40.7 Å². The molecule has 1 saturated heterocycles. The smallest absolute Gasteiger partial charge is 0.255 e. The van der Waals surface area contributed by atoms with E-state index in [1.807, 2.05) is 6.07 Å². The van der Waals surface area contributed by atoms with Gasteiger partial charge in [-0.2, -0.15) is 0 Å². The fourth-order valence-corrected chi connectivity index (χ4v) is 6.84. The molecule has 2 aliphatic heterocycles. The SMILES string of the molecule is CC(N[C@H]1CCCC[C@@H]1Cc1ccc2c(c1)CN(C1CCC(=O)NC1=O)C2=O)C1CCCCC1. The van der Waals surface area contributed by atoms with E-state index in [2.05, 4.69) is 29.7 Å². The minimum absolute atomic E-state index is 0.0884. The van der Waals surface area contributed by atoms with Gasteiger partial charge in [0.05, 0.1) is 0 Å². The van der Waals surface area contributed by atoms with E-state index in [0.717, 1.165) is 17.9 Å². The van der Waals surface area contributed by atoms with Gasteiger partial charge in [-0.1, -0.05) is 44.2 Å². The highest BCUT2D eigenvalue weighted by atomic mass is 16.2. The summed E-state index contributed by atoms with van der Waals surface area (Å²) in [6.07, 6.45) is 13.8. The van der Waals surface area contributed by atoms with Crippen LogP contribution in [0.3, 0.4) is 0 Å². The molecule has 3 amide bonds. The number of hydrogen-bond donors (Lipinski definition) is 2. The summed E-state index contributed by atoms with van der Waals surface area (Å²) in [5, 5.41) is 6.43. The van der Waals surface area contributed by atoms with E-state index >= 15 is 0 Å². The lowest BCUT2D eigenvalue weighted by molar-refractivity contribution is -0.136. The maximum absolute atomic E-state index is 13.0. The number of piperidine rings is 1. The quantitative estimate of drug-likeness (QED) is 0.620. The van der Waals surface area contributed by atoms with Crippen molar-refractivity contribution >= 4 is 17.7 Å². The van der Waals surface area contributed by atoms with Gasteiger partial charge in [-0.3, -0.25) is 19.7 Å². The van der Waals surface area contributed by atoms with Crippen LogP contribution in [0.15, 0.2) is 18.2 Å². The maximum Gasteiger partial charge on any atom is 0.255 e. The number of nitrogens with zero attached hydrogens (tertiary/aromatic N) is 1. The number of rotatable bonds is 6. The van der Waals surface area contributed by atoms with Gasteiger partial charge in [-0.15, -0.1) is 0 Å². The molecule has 6 nitrogen and oxygen atoms in total. The third-order valence-electron chi connectivity index (χ3n) is 8.83. The van der Waals surface area contributed by atoms with Gasteiger partial charge in [0.15, 0.2) is 0 Å². The molecule has 2 saturated carbocycles. The molecule has 0 radical (unpaired) electrons. The molecule has 1 aromatic rings. The van der Waals surface area contributed by atoms with Gasteiger partial charge in [0, 0.05) is 30.6 Å². The highest BCUT2D eigenvalue weighted by molar-refractivity contribution is 6.05. The monoisotopic (exact) mass is 465 g/mol. The predicted molar refractivity (Wildman–Crippen MR) is 131 cm³/mol. The first kappa shape index (κ1) is 23.5. The van der Waals surface area contributed by atoms with Gasteiger partial charge in [-0.05, 0) is 74.5 Å². The number of nitrogens with one attached hydrogen (secondary N) is 2. The lowest BCUT2D eigenvalue weighted by Gasteiger charge is -2.38. The van der Waals surface area contributed by atoms with E-state index in [0.29, 0.717) is 36.5 Å². The normalized spacial score (nSPS) is 29.1. The third-order valence-corrected chi connectivity index (χ3v) is 8.83. The molecular weight excluding hydrogens is 426 g/mol. The summed E-state index contributed by atoms with van der Waals surface area (Å²) >= 11 is 0. The van der Waals surface area contributed by atoms with Crippen molar-refractivity contribution in [1.29, 1.82) is 0 Å². The molecule has 34 heavy (non-hydrogen) atoms. The molecule has 184 valence electrons. The molecular formula is C28H39N3O3. The Labute approximate surface area is 203 Å². The zero-order valence-corrected chi connectivity index (χ0v) is 20.5. The molecule has 2 heterocycles. The highest BCUT2D eigenvalue weighted by Gasteiger charge is 2.39.